The Kier molecular flexibility index (Phi) is 5.08. The fraction of sp³-hybridized carbons (Fsp3) is 0.176. The summed E-state index contributed by atoms with van der Waals surface area (Å²) in [4.78, 5) is 23.4. The van der Waals surface area contributed by atoms with Gasteiger partial charge in [-0.15, -0.1) is 10.2 Å². The highest BCUT2D eigenvalue weighted by Crippen LogP contribution is 2.28. The predicted molar refractivity (Wildman–Crippen MR) is 95.6 cm³/mol. The minimum absolute atomic E-state index is 0.235. The third-order valence-corrected chi connectivity index (χ3v) is 4.51. The molecule has 0 saturated heterocycles. The van der Waals surface area contributed by atoms with E-state index < -0.39 is 11.2 Å². The number of nitrogens with two attached hydrogens (primary N) is 1. The SMILES string of the molecule is Cc1occc1-c1nnc(S[C@@H](C)C(=O)Nc2ccc(C(N)=O)cc2)o1. The Morgan fingerprint density at radius 2 is 1.92 bits per heavy atom. The molecular formula is C17H16N4O4S. The monoisotopic (exact) mass is 372 g/mol. The summed E-state index contributed by atoms with van der Waals surface area (Å²) in [6.45, 7) is 3.52. The second-order valence-corrected chi connectivity index (χ2v) is 6.75. The number of carbonyl (C=O) groups excluding carboxylic acids is 2. The largest absolute Gasteiger partial charge is 0.469 e. The molecule has 1 atom stereocenters. The number of rotatable bonds is 6. The average molecular weight is 372 g/mol. The Morgan fingerprint density at radius 3 is 2.54 bits per heavy atom. The van der Waals surface area contributed by atoms with Gasteiger partial charge in [0.1, 0.15) is 5.76 Å². The molecule has 0 aliphatic carbocycles. The second-order valence-electron chi connectivity index (χ2n) is 5.45. The standard InChI is InChI=1S/C17H16N4O4S/c1-9-13(7-8-24-9)16-20-21-17(25-16)26-10(2)15(23)19-12-5-3-11(4-6-12)14(18)22/h3-8,10H,1-2H3,(H2,18,22)(H,19,23)/t10-/m0/s1. The predicted octanol–water partition coefficient (Wildman–Crippen LogP) is 2.86. The summed E-state index contributed by atoms with van der Waals surface area (Å²) in [6.07, 6.45) is 1.54. The minimum atomic E-state index is -0.521. The maximum atomic E-state index is 12.3. The van der Waals surface area contributed by atoms with E-state index in [0.717, 1.165) is 17.3 Å². The van der Waals surface area contributed by atoms with Gasteiger partial charge in [0.15, 0.2) is 0 Å². The third-order valence-electron chi connectivity index (χ3n) is 3.58. The number of hydrogen-bond acceptors (Lipinski definition) is 7. The number of carbonyl (C=O) groups is 2. The van der Waals surface area contributed by atoms with Crippen molar-refractivity contribution in [2.75, 3.05) is 5.32 Å². The molecule has 0 aliphatic rings. The molecule has 0 spiro atoms. The minimum Gasteiger partial charge on any atom is -0.469 e. The van der Waals surface area contributed by atoms with E-state index in [1.807, 2.05) is 0 Å². The topological polar surface area (TPSA) is 124 Å². The number of anilines is 1. The molecule has 26 heavy (non-hydrogen) atoms. The number of thioether (sulfide) groups is 1. The van der Waals surface area contributed by atoms with E-state index in [1.54, 1.807) is 50.4 Å². The number of aromatic nitrogens is 2. The van der Waals surface area contributed by atoms with Gasteiger partial charge in [-0.1, -0.05) is 11.8 Å². The average Bonchev–Trinajstić information content (AvgIpc) is 3.23. The molecule has 3 rings (SSSR count). The molecule has 3 aromatic rings. The number of nitrogens with zero attached hydrogens (tertiary/aromatic N) is 2. The molecule has 0 radical (unpaired) electrons. The molecule has 0 fully saturated rings. The van der Waals surface area contributed by atoms with Crippen molar-refractivity contribution >= 4 is 29.3 Å². The molecule has 0 saturated carbocycles. The van der Waals surface area contributed by atoms with Crippen LogP contribution in [0.1, 0.15) is 23.0 Å². The van der Waals surface area contributed by atoms with Crippen molar-refractivity contribution in [1.29, 1.82) is 0 Å². The zero-order chi connectivity index (χ0) is 18.7. The molecule has 0 bridgehead atoms. The fourth-order valence-corrected chi connectivity index (χ4v) is 2.82. The summed E-state index contributed by atoms with van der Waals surface area (Å²) in [5, 5.41) is 10.5. The highest BCUT2D eigenvalue weighted by Gasteiger charge is 2.20. The van der Waals surface area contributed by atoms with Crippen LogP contribution in [0.3, 0.4) is 0 Å². The lowest BCUT2D eigenvalue weighted by molar-refractivity contribution is -0.115. The van der Waals surface area contributed by atoms with Gasteiger partial charge in [-0.05, 0) is 44.2 Å². The Hall–Kier alpha value is -3.07. The first kappa shape index (κ1) is 17.7. The van der Waals surface area contributed by atoms with Crippen LogP contribution in [-0.4, -0.2) is 27.3 Å². The number of aryl methyl sites for hydroxylation is 1. The summed E-state index contributed by atoms with van der Waals surface area (Å²) >= 11 is 1.15. The first-order valence-electron chi connectivity index (χ1n) is 7.69. The molecule has 2 aromatic heterocycles. The van der Waals surface area contributed by atoms with E-state index in [2.05, 4.69) is 15.5 Å². The van der Waals surface area contributed by atoms with Crippen molar-refractivity contribution in [2.24, 2.45) is 5.73 Å². The molecule has 2 heterocycles. The quantitative estimate of drug-likeness (QED) is 0.637. The highest BCUT2D eigenvalue weighted by molar-refractivity contribution is 8.00. The molecule has 1 aromatic carbocycles. The molecule has 0 aliphatic heterocycles. The van der Waals surface area contributed by atoms with Crippen molar-refractivity contribution in [1.82, 2.24) is 10.2 Å². The van der Waals surface area contributed by atoms with Crippen molar-refractivity contribution in [3.05, 3.63) is 47.9 Å². The Balaban J connectivity index is 1.61. The summed E-state index contributed by atoms with van der Waals surface area (Å²) in [7, 11) is 0. The van der Waals surface area contributed by atoms with Crippen LogP contribution in [-0.2, 0) is 4.79 Å². The van der Waals surface area contributed by atoms with Crippen LogP contribution in [0.2, 0.25) is 0 Å². The van der Waals surface area contributed by atoms with Crippen LogP contribution in [0.25, 0.3) is 11.5 Å². The smallest absolute Gasteiger partial charge is 0.277 e. The maximum absolute atomic E-state index is 12.3. The van der Waals surface area contributed by atoms with Gasteiger partial charge in [0.2, 0.25) is 11.8 Å². The normalized spacial score (nSPS) is 11.9. The Labute approximate surface area is 153 Å². The van der Waals surface area contributed by atoms with Crippen LogP contribution in [0.15, 0.2) is 50.7 Å². The number of nitrogens with one attached hydrogen (secondary N) is 1. The summed E-state index contributed by atoms with van der Waals surface area (Å²) in [5.74, 6) is 0.261. The summed E-state index contributed by atoms with van der Waals surface area (Å²) in [6, 6.07) is 8.06. The van der Waals surface area contributed by atoms with E-state index >= 15 is 0 Å². The van der Waals surface area contributed by atoms with Gasteiger partial charge in [-0.2, -0.15) is 0 Å². The zero-order valence-corrected chi connectivity index (χ0v) is 14.9. The van der Waals surface area contributed by atoms with E-state index in [1.165, 1.54) is 0 Å². The van der Waals surface area contributed by atoms with Gasteiger partial charge < -0.3 is 19.9 Å². The lowest BCUT2D eigenvalue weighted by Gasteiger charge is -2.10. The number of benzene rings is 1. The lowest BCUT2D eigenvalue weighted by Crippen LogP contribution is -2.22. The van der Waals surface area contributed by atoms with E-state index in [4.69, 9.17) is 14.6 Å². The maximum Gasteiger partial charge on any atom is 0.277 e. The van der Waals surface area contributed by atoms with Gasteiger partial charge >= 0.3 is 0 Å². The van der Waals surface area contributed by atoms with Crippen LogP contribution in [0.5, 0.6) is 0 Å². The van der Waals surface area contributed by atoms with Crippen LogP contribution >= 0.6 is 11.8 Å². The Morgan fingerprint density at radius 1 is 1.19 bits per heavy atom. The van der Waals surface area contributed by atoms with Crippen LogP contribution in [0, 0.1) is 6.92 Å². The molecule has 3 N–H and O–H groups in total. The van der Waals surface area contributed by atoms with E-state index in [9.17, 15) is 9.59 Å². The number of furan rings is 1. The van der Waals surface area contributed by atoms with Gasteiger partial charge in [-0.25, -0.2) is 0 Å². The van der Waals surface area contributed by atoms with Crippen LogP contribution < -0.4 is 11.1 Å². The molecule has 2 amide bonds. The number of amides is 2. The van der Waals surface area contributed by atoms with Crippen molar-refractivity contribution in [2.45, 2.75) is 24.3 Å². The summed E-state index contributed by atoms with van der Waals surface area (Å²) in [5.41, 5.74) is 6.84. The van der Waals surface area contributed by atoms with Gasteiger partial charge in [0.25, 0.3) is 11.1 Å². The molecule has 8 nitrogen and oxygen atoms in total. The van der Waals surface area contributed by atoms with E-state index in [-0.39, 0.29) is 11.1 Å². The van der Waals surface area contributed by atoms with Gasteiger partial charge in [-0.3, -0.25) is 9.59 Å². The molecule has 134 valence electrons. The first-order valence-corrected chi connectivity index (χ1v) is 8.57. The van der Waals surface area contributed by atoms with Crippen LogP contribution in [0.4, 0.5) is 5.69 Å². The van der Waals surface area contributed by atoms with Crippen molar-refractivity contribution in [3.8, 4) is 11.5 Å². The number of primary amides is 1. The Bertz CT molecular complexity index is 932. The lowest BCUT2D eigenvalue weighted by atomic mass is 10.2. The second kappa shape index (κ2) is 7.44. The fourth-order valence-electron chi connectivity index (χ4n) is 2.14. The van der Waals surface area contributed by atoms with E-state index in [0.29, 0.717) is 22.9 Å². The van der Waals surface area contributed by atoms with Gasteiger partial charge in [0.05, 0.1) is 17.1 Å². The van der Waals surface area contributed by atoms with Crippen molar-refractivity contribution in [3.63, 3.8) is 0 Å². The first-order chi connectivity index (χ1) is 12.4. The zero-order valence-electron chi connectivity index (χ0n) is 14.1. The molecule has 9 heteroatoms. The summed E-state index contributed by atoms with van der Waals surface area (Å²) < 4.78 is 10.8. The van der Waals surface area contributed by atoms with Crippen molar-refractivity contribution < 1.29 is 18.4 Å². The molecule has 0 unspecified atom stereocenters. The number of hydrogen-bond donors (Lipinski definition) is 2. The molecular weight excluding hydrogens is 356 g/mol. The highest BCUT2D eigenvalue weighted by atomic mass is 32.2. The third kappa shape index (κ3) is 3.94. The van der Waals surface area contributed by atoms with Gasteiger partial charge in [0, 0.05) is 11.3 Å².